The van der Waals surface area contributed by atoms with Crippen LogP contribution in [0.2, 0.25) is 0 Å². The van der Waals surface area contributed by atoms with E-state index in [1.807, 2.05) is 0 Å². The van der Waals surface area contributed by atoms with Gasteiger partial charge in [-0.25, -0.2) is 0 Å². The van der Waals surface area contributed by atoms with Crippen molar-refractivity contribution in [1.29, 1.82) is 0 Å². The van der Waals surface area contributed by atoms with E-state index < -0.39 is 63.9 Å². The van der Waals surface area contributed by atoms with Crippen molar-refractivity contribution in [2.75, 3.05) is 58.6 Å². The number of carboxylic acids is 4. The third kappa shape index (κ3) is 28.5. The molecular weight excluding hydrogens is 631 g/mol. The van der Waals surface area contributed by atoms with Crippen molar-refractivity contribution >= 4 is 31.5 Å². The maximum Gasteiger partial charge on any atom is 3.00 e. The summed E-state index contributed by atoms with van der Waals surface area (Å²) in [6, 6.07) is 0. The van der Waals surface area contributed by atoms with Gasteiger partial charge in [-0.15, -0.1) is 0 Å². The van der Waals surface area contributed by atoms with Gasteiger partial charge in [0.25, 0.3) is 0 Å². The summed E-state index contributed by atoms with van der Waals surface area (Å²) in [5.41, 5.74) is 0. The van der Waals surface area contributed by atoms with Crippen LogP contribution in [-0.4, -0.2) is 107 Å². The zero-order chi connectivity index (χ0) is 21.9. The Bertz CT molecular complexity index is 557. The van der Waals surface area contributed by atoms with Gasteiger partial charge in [0.05, 0.1) is 23.9 Å². The fraction of sp³-hybridized carbons (Fsp3) is 0.692. The molecular formula is C13H20GdN3Na3O11P+2. The molecule has 0 aliphatic rings. The Labute approximate surface area is 283 Å². The smallest absolute Gasteiger partial charge is 0.549 e. The molecule has 0 spiro atoms. The monoisotopic (exact) mass is 652 g/mol. The van der Waals surface area contributed by atoms with Gasteiger partial charge >= 0.3 is 136 Å². The number of aliphatic carboxylic acids is 4. The molecule has 0 aliphatic carbocycles. The van der Waals surface area contributed by atoms with E-state index in [1.165, 1.54) is 0 Å². The second-order valence-electron chi connectivity index (χ2n) is 5.83. The first kappa shape index (κ1) is 44.2. The third-order valence-corrected chi connectivity index (χ3v) is 4.03. The summed E-state index contributed by atoms with van der Waals surface area (Å²) in [5, 5.41) is 42.6. The molecule has 0 amide bonds. The molecule has 0 saturated carbocycles. The van der Waals surface area contributed by atoms with Gasteiger partial charge in [-0.1, -0.05) is 0 Å². The van der Waals surface area contributed by atoms with E-state index in [1.54, 1.807) is 0 Å². The van der Waals surface area contributed by atoms with Crippen LogP contribution < -0.4 is 109 Å². The number of carbonyl (C=O) groups excluding carboxylic acids is 4. The number of carbonyl (C=O) groups is 4. The van der Waals surface area contributed by atoms with E-state index in [4.69, 9.17) is 9.79 Å². The molecule has 0 atom stereocenters. The minimum absolute atomic E-state index is 0. The van der Waals surface area contributed by atoms with E-state index in [0.717, 1.165) is 14.7 Å². The maximum atomic E-state index is 11.3. The number of carboxylic acid groups (broad SMARTS) is 4. The van der Waals surface area contributed by atoms with Crippen molar-refractivity contribution in [3.05, 3.63) is 0 Å². The standard InChI is InChI=1S/C13H24N3O11P.Gd.3Na/c17-10(18)5-15(6-11(19)20)3-1-14(9-28(25,26)27)2-4-16(7-12(21)22)8-13(23)24;;;;/h1-9H2,(H,17,18)(H,19,20)(H,21,22)(H,23,24)(H2,25,26,27);;;;/q;+3;3*+1/p-4. The Kier molecular flexibility index (Phi) is 32.7. The van der Waals surface area contributed by atoms with Gasteiger partial charge in [0, 0.05) is 52.4 Å². The Morgan fingerprint density at radius 1 is 0.594 bits per heavy atom. The van der Waals surface area contributed by atoms with Crippen LogP contribution in [0.1, 0.15) is 0 Å². The molecule has 1 radical (unpaired) electrons. The predicted molar refractivity (Wildman–Crippen MR) is 81.4 cm³/mol. The van der Waals surface area contributed by atoms with Crippen LogP contribution >= 0.6 is 7.60 Å². The average molecular weight is 652 g/mol. The summed E-state index contributed by atoms with van der Waals surface area (Å²) in [4.78, 5) is 63.8. The molecule has 32 heavy (non-hydrogen) atoms. The summed E-state index contributed by atoms with van der Waals surface area (Å²) in [6.07, 6.45) is -0.804. The Morgan fingerprint density at radius 2 is 0.812 bits per heavy atom. The molecule has 0 aromatic carbocycles. The minimum Gasteiger partial charge on any atom is -0.549 e. The fourth-order valence-electron chi connectivity index (χ4n) is 2.24. The van der Waals surface area contributed by atoms with E-state index in [2.05, 4.69) is 0 Å². The van der Waals surface area contributed by atoms with Gasteiger partial charge in [0.2, 0.25) is 0 Å². The van der Waals surface area contributed by atoms with Gasteiger partial charge in [-0.2, -0.15) is 0 Å². The molecule has 14 nitrogen and oxygen atoms in total. The van der Waals surface area contributed by atoms with Gasteiger partial charge in [0.1, 0.15) is 6.29 Å². The second kappa shape index (κ2) is 23.6. The Morgan fingerprint density at radius 3 is 1.00 bits per heavy atom. The molecule has 0 aliphatic heterocycles. The van der Waals surface area contributed by atoms with Crippen LogP contribution in [0.3, 0.4) is 0 Å². The van der Waals surface area contributed by atoms with Gasteiger partial charge in [0.15, 0.2) is 0 Å². The van der Waals surface area contributed by atoms with E-state index in [9.17, 15) is 44.2 Å². The zero-order valence-corrected chi connectivity index (χ0v) is 27.2. The molecule has 167 valence electrons. The Balaban J connectivity index is -0.000000607. The number of hydrogen-bond donors (Lipinski definition) is 2. The molecule has 19 heteroatoms. The zero-order valence-electron chi connectivity index (χ0n) is 18.1. The number of nitrogens with zero attached hydrogens (tertiary/aromatic N) is 3. The average Bonchev–Trinajstić information content (AvgIpc) is 2.45. The molecule has 0 bridgehead atoms. The molecule has 0 aromatic rings. The van der Waals surface area contributed by atoms with Crippen molar-refractivity contribution in [3.63, 3.8) is 0 Å². The first-order valence-corrected chi connectivity index (χ1v) is 9.59. The van der Waals surface area contributed by atoms with E-state index in [0.29, 0.717) is 0 Å². The molecule has 0 fully saturated rings. The summed E-state index contributed by atoms with van der Waals surface area (Å²) >= 11 is 0. The molecule has 0 aromatic heterocycles. The maximum absolute atomic E-state index is 11.3. The van der Waals surface area contributed by atoms with Crippen LogP contribution in [0, 0.1) is 39.9 Å². The minimum atomic E-state index is -4.58. The predicted octanol–water partition coefficient (Wildman–Crippen LogP) is -17.0. The van der Waals surface area contributed by atoms with Crippen LogP contribution in [0.5, 0.6) is 0 Å². The number of rotatable bonds is 16. The van der Waals surface area contributed by atoms with Crippen LogP contribution in [0.15, 0.2) is 0 Å². The van der Waals surface area contributed by atoms with Crippen molar-refractivity contribution < 1.29 is 183 Å². The van der Waals surface area contributed by atoms with Crippen LogP contribution in [0.4, 0.5) is 0 Å². The van der Waals surface area contributed by atoms with Crippen LogP contribution in [-0.2, 0) is 23.7 Å². The van der Waals surface area contributed by atoms with E-state index >= 15 is 0 Å². The van der Waals surface area contributed by atoms with Crippen molar-refractivity contribution in [2.45, 2.75) is 0 Å². The third-order valence-electron chi connectivity index (χ3n) is 3.26. The summed E-state index contributed by atoms with van der Waals surface area (Å²) in [7, 11) is -4.58. The van der Waals surface area contributed by atoms with E-state index in [-0.39, 0.29) is 155 Å². The number of hydrogen-bond acceptors (Lipinski definition) is 12. The SMILES string of the molecule is O=C([O-])CN(CCN(CCN(CC(=O)[O-])CC(=O)[O-])CP(=O)(O)O)CC(=O)[O-].[Gd+3].[Na+].[Na+].[Na+]. The Hall–Kier alpha value is 2.23. The van der Waals surface area contributed by atoms with Gasteiger partial charge in [-0.05, 0) is 0 Å². The molecule has 0 unspecified atom stereocenters. The molecule has 0 saturated heterocycles. The first-order valence-electron chi connectivity index (χ1n) is 7.79. The summed E-state index contributed by atoms with van der Waals surface area (Å²) in [6.45, 7) is -3.98. The quantitative estimate of drug-likeness (QED) is 0.117. The largest absolute Gasteiger partial charge is 3.00 e. The van der Waals surface area contributed by atoms with Crippen molar-refractivity contribution in [3.8, 4) is 0 Å². The molecule has 0 heterocycles. The van der Waals surface area contributed by atoms with Crippen molar-refractivity contribution in [1.82, 2.24) is 14.7 Å². The molecule has 2 N–H and O–H groups in total. The van der Waals surface area contributed by atoms with Crippen molar-refractivity contribution in [2.24, 2.45) is 0 Å². The summed E-state index contributed by atoms with van der Waals surface area (Å²) in [5.74, 6) is -6.29. The topological polar surface area (TPSA) is 228 Å². The van der Waals surface area contributed by atoms with Gasteiger partial charge in [-0.3, -0.25) is 19.3 Å². The molecule has 0 rings (SSSR count). The summed E-state index contributed by atoms with van der Waals surface area (Å²) < 4.78 is 11.3. The first-order chi connectivity index (χ1) is 12.8. The van der Waals surface area contributed by atoms with Crippen LogP contribution in [0.25, 0.3) is 0 Å². The fourth-order valence-corrected chi connectivity index (χ4v) is 3.04. The second-order valence-corrected chi connectivity index (χ2v) is 7.45. The normalized spacial score (nSPS) is 10.4. The van der Waals surface area contributed by atoms with Gasteiger partial charge < -0.3 is 49.4 Å².